The Kier molecular flexibility index (Phi) is 6.53. The molecule has 3 N–H and O–H groups in total. The molecule has 1 aromatic carbocycles. The van der Waals surface area contributed by atoms with E-state index in [1.807, 2.05) is 5.38 Å². The first kappa shape index (κ1) is 20.2. The smallest absolute Gasteiger partial charge is 0.231 e. The molecular weight excluding hydrogens is 400 g/mol. The molecule has 8 nitrogen and oxygen atoms in total. The van der Waals surface area contributed by atoms with E-state index in [4.69, 9.17) is 10.5 Å². The van der Waals surface area contributed by atoms with Gasteiger partial charge in [-0.1, -0.05) is 0 Å². The highest BCUT2D eigenvalue weighted by Gasteiger charge is 2.35. The van der Waals surface area contributed by atoms with Crippen molar-refractivity contribution in [2.45, 2.75) is 12.2 Å². The summed E-state index contributed by atoms with van der Waals surface area (Å²) in [6.45, 7) is 0.323. The van der Waals surface area contributed by atoms with Crippen LogP contribution in [0.5, 0.6) is 5.75 Å². The first-order valence-electron chi connectivity index (χ1n) is 8.52. The fourth-order valence-corrected chi connectivity index (χ4v) is 4.27. The predicted molar refractivity (Wildman–Crippen MR) is 110 cm³/mol. The zero-order chi connectivity index (χ0) is 20.1. The van der Waals surface area contributed by atoms with Crippen LogP contribution in [0.25, 0.3) is 0 Å². The molecule has 0 bridgehead atoms. The van der Waals surface area contributed by atoms with Crippen LogP contribution in [0.1, 0.15) is 12.1 Å². The molecule has 3 rings (SSSR count). The number of hydrogen-bond donors (Lipinski definition) is 2. The predicted octanol–water partition coefficient (Wildman–Crippen LogP) is 1.86. The lowest BCUT2D eigenvalue weighted by Crippen LogP contribution is -2.28. The zero-order valence-electron chi connectivity index (χ0n) is 15.2. The number of carbonyl (C=O) groups is 3. The second-order valence-corrected chi connectivity index (χ2v) is 8.04. The minimum atomic E-state index is -0.439. The Morgan fingerprint density at radius 3 is 2.82 bits per heavy atom. The van der Waals surface area contributed by atoms with E-state index < -0.39 is 5.92 Å². The average Bonchev–Trinajstić information content (AvgIpc) is 3.28. The number of nitrogens with one attached hydrogen (secondary N) is 1. The van der Waals surface area contributed by atoms with Crippen molar-refractivity contribution in [1.29, 1.82) is 0 Å². The molecule has 3 amide bonds. The van der Waals surface area contributed by atoms with Crippen LogP contribution in [0.3, 0.4) is 0 Å². The Balaban J connectivity index is 1.55. The molecule has 1 aromatic heterocycles. The maximum absolute atomic E-state index is 12.5. The minimum Gasteiger partial charge on any atom is -0.497 e. The van der Waals surface area contributed by atoms with Gasteiger partial charge in [0.1, 0.15) is 5.75 Å². The number of methoxy groups -OCH3 is 1. The van der Waals surface area contributed by atoms with Gasteiger partial charge in [-0.2, -0.15) is 0 Å². The standard InChI is InChI=1S/C18H20N4O4S2/c1-26-14-4-2-13(3-5-14)22-7-11(6-16(22)24)17(25)21-18-20-12(9-28-18)8-27-10-15(19)23/h2-5,9,11H,6-8,10H2,1H3,(H2,19,23)(H,20,21,25). The van der Waals surface area contributed by atoms with E-state index in [-0.39, 0.29) is 29.9 Å². The van der Waals surface area contributed by atoms with Crippen molar-refractivity contribution in [2.75, 3.05) is 29.6 Å². The normalized spacial score (nSPS) is 16.2. The van der Waals surface area contributed by atoms with Gasteiger partial charge in [-0.05, 0) is 24.3 Å². The fraction of sp³-hybridized carbons (Fsp3) is 0.333. The van der Waals surface area contributed by atoms with Crippen LogP contribution in [-0.2, 0) is 20.1 Å². The summed E-state index contributed by atoms with van der Waals surface area (Å²) in [5.74, 6) is 0.348. The number of aromatic nitrogens is 1. The molecule has 1 atom stereocenters. The first-order chi connectivity index (χ1) is 13.5. The number of carbonyl (C=O) groups excluding carboxylic acids is 3. The monoisotopic (exact) mass is 420 g/mol. The van der Waals surface area contributed by atoms with E-state index in [1.54, 1.807) is 36.3 Å². The zero-order valence-corrected chi connectivity index (χ0v) is 16.8. The summed E-state index contributed by atoms with van der Waals surface area (Å²) < 4.78 is 5.12. The molecule has 148 valence electrons. The van der Waals surface area contributed by atoms with Gasteiger partial charge in [0.25, 0.3) is 0 Å². The lowest BCUT2D eigenvalue weighted by atomic mass is 10.1. The molecule has 1 aliphatic rings. The van der Waals surface area contributed by atoms with E-state index in [1.165, 1.54) is 23.1 Å². The Hall–Kier alpha value is -2.59. The molecule has 10 heteroatoms. The van der Waals surface area contributed by atoms with Gasteiger partial charge in [-0.15, -0.1) is 23.1 Å². The number of amides is 3. The summed E-state index contributed by atoms with van der Waals surface area (Å²) in [6.07, 6.45) is 0.157. The van der Waals surface area contributed by atoms with Crippen LogP contribution in [0.4, 0.5) is 10.8 Å². The second kappa shape index (κ2) is 9.07. The molecule has 28 heavy (non-hydrogen) atoms. The van der Waals surface area contributed by atoms with Crippen LogP contribution in [-0.4, -0.2) is 42.1 Å². The van der Waals surface area contributed by atoms with E-state index in [9.17, 15) is 14.4 Å². The summed E-state index contributed by atoms with van der Waals surface area (Å²) in [7, 11) is 1.58. The molecule has 0 saturated carbocycles. The van der Waals surface area contributed by atoms with Gasteiger partial charge in [0.05, 0.1) is 24.5 Å². The lowest BCUT2D eigenvalue weighted by Gasteiger charge is -2.16. The highest BCUT2D eigenvalue weighted by Crippen LogP contribution is 2.28. The molecule has 1 saturated heterocycles. The van der Waals surface area contributed by atoms with Gasteiger partial charge < -0.3 is 20.7 Å². The van der Waals surface area contributed by atoms with Gasteiger partial charge in [0, 0.05) is 29.8 Å². The number of anilines is 2. The third-order valence-corrected chi connectivity index (χ3v) is 5.95. The fourth-order valence-electron chi connectivity index (χ4n) is 2.79. The Morgan fingerprint density at radius 2 is 2.14 bits per heavy atom. The van der Waals surface area contributed by atoms with Crippen molar-refractivity contribution in [1.82, 2.24) is 4.98 Å². The number of thiazole rings is 1. The van der Waals surface area contributed by atoms with Gasteiger partial charge in [0.2, 0.25) is 17.7 Å². The van der Waals surface area contributed by atoms with E-state index >= 15 is 0 Å². The van der Waals surface area contributed by atoms with Gasteiger partial charge in [0.15, 0.2) is 5.13 Å². The molecule has 2 aromatic rings. The second-order valence-electron chi connectivity index (χ2n) is 6.20. The topological polar surface area (TPSA) is 115 Å². The Labute approximate surface area is 170 Å². The quantitative estimate of drug-likeness (QED) is 0.674. The third kappa shape index (κ3) is 5.02. The van der Waals surface area contributed by atoms with Crippen LogP contribution in [0.2, 0.25) is 0 Å². The van der Waals surface area contributed by atoms with Gasteiger partial charge in [-0.25, -0.2) is 4.98 Å². The number of ether oxygens (including phenoxy) is 1. The minimum absolute atomic E-state index is 0.0898. The Bertz CT molecular complexity index is 869. The Morgan fingerprint density at radius 1 is 1.39 bits per heavy atom. The van der Waals surface area contributed by atoms with Crippen LogP contribution >= 0.6 is 23.1 Å². The summed E-state index contributed by atoms with van der Waals surface area (Å²) in [4.78, 5) is 41.6. The third-order valence-electron chi connectivity index (χ3n) is 4.16. The van der Waals surface area contributed by atoms with Crippen LogP contribution < -0.4 is 20.7 Å². The van der Waals surface area contributed by atoms with E-state index in [0.717, 1.165) is 11.4 Å². The van der Waals surface area contributed by atoms with Crippen molar-refractivity contribution in [3.05, 3.63) is 35.3 Å². The average molecular weight is 421 g/mol. The number of thioether (sulfide) groups is 1. The largest absolute Gasteiger partial charge is 0.497 e. The van der Waals surface area contributed by atoms with E-state index in [2.05, 4.69) is 10.3 Å². The van der Waals surface area contributed by atoms with Crippen LogP contribution in [0.15, 0.2) is 29.6 Å². The summed E-state index contributed by atoms with van der Waals surface area (Å²) in [6, 6.07) is 7.16. The maximum Gasteiger partial charge on any atom is 0.231 e. The number of primary amides is 1. The molecule has 1 fully saturated rings. The number of hydrogen-bond acceptors (Lipinski definition) is 7. The molecule has 0 radical (unpaired) electrons. The highest BCUT2D eigenvalue weighted by molar-refractivity contribution is 7.99. The maximum atomic E-state index is 12.5. The number of nitrogens with two attached hydrogens (primary N) is 1. The van der Waals surface area contributed by atoms with Crippen molar-refractivity contribution >= 4 is 51.6 Å². The SMILES string of the molecule is COc1ccc(N2CC(C(=O)Nc3nc(CSCC(N)=O)cs3)CC2=O)cc1. The molecule has 2 heterocycles. The molecule has 1 unspecified atom stereocenters. The van der Waals surface area contributed by atoms with E-state index in [0.29, 0.717) is 23.2 Å². The van der Waals surface area contributed by atoms with Gasteiger partial charge in [-0.3, -0.25) is 14.4 Å². The van der Waals surface area contributed by atoms with Crippen LogP contribution in [0, 0.1) is 5.92 Å². The van der Waals surface area contributed by atoms with Gasteiger partial charge >= 0.3 is 0 Å². The first-order valence-corrected chi connectivity index (χ1v) is 10.6. The number of nitrogens with zero attached hydrogens (tertiary/aromatic N) is 2. The highest BCUT2D eigenvalue weighted by atomic mass is 32.2. The molecule has 0 aliphatic carbocycles. The number of rotatable bonds is 8. The summed E-state index contributed by atoms with van der Waals surface area (Å²) in [5, 5.41) is 5.09. The van der Waals surface area contributed by atoms with Crippen molar-refractivity contribution in [3.63, 3.8) is 0 Å². The summed E-state index contributed by atoms with van der Waals surface area (Å²) >= 11 is 2.68. The lowest BCUT2D eigenvalue weighted by molar-refractivity contribution is -0.122. The number of benzene rings is 1. The van der Waals surface area contributed by atoms with Crippen molar-refractivity contribution < 1.29 is 19.1 Å². The molecule has 1 aliphatic heterocycles. The molecule has 0 spiro atoms. The van der Waals surface area contributed by atoms with Crippen molar-refractivity contribution in [2.24, 2.45) is 11.7 Å². The summed E-state index contributed by atoms with van der Waals surface area (Å²) in [5.41, 5.74) is 6.62. The van der Waals surface area contributed by atoms with Crippen molar-refractivity contribution in [3.8, 4) is 5.75 Å². The molecular formula is C18H20N4O4S2.